The van der Waals surface area contributed by atoms with Gasteiger partial charge in [-0.25, -0.2) is 4.79 Å². The molecule has 4 N–H and O–H groups in total. The van der Waals surface area contributed by atoms with E-state index in [-0.39, 0.29) is 22.2 Å². The first-order chi connectivity index (χ1) is 9.20. The summed E-state index contributed by atoms with van der Waals surface area (Å²) in [7, 11) is -4.91. The Morgan fingerprint density at radius 2 is 2.00 bits per heavy atom. The summed E-state index contributed by atoms with van der Waals surface area (Å²) in [5, 5.41) is 8.91. The molecule has 0 radical (unpaired) electrons. The summed E-state index contributed by atoms with van der Waals surface area (Å²) < 4.78 is 36.3. The zero-order valence-corrected chi connectivity index (χ0v) is 10.7. The van der Waals surface area contributed by atoms with E-state index in [1.807, 2.05) is 0 Å². The number of hydrogen-bond acceptors (Lipinski definition) is 6. The Labute approximate surface area is 112 Å². The maximum Gasteiger partial charge on any atom is 0.358 e. The molecule has 0 fully saturated rings. The van der Waals surface area contributed by atoms with Gasteiger partial charge in [0, 0.05) is 22.7 Å². The lowest BCUT2D eigenvalue weighted by atomic mass is 10.1. The van der Waals surface area contributed by atoms with E-state index in [4.69, 9.17) is 19.8 Å². The number of anilines is 1. The highest BCUT2D eigenvalue weighted by Gasteiger charge is 2.26. The Morgan fingerprint density at radius 1 is 1.35 bits per heavy atom. The summed E-state index contributed by atoms with van der Waals surface area (Å²) in [6.45, 7) is 0. The van der Waals surface area contributed by atoms with Crippen LogP contribution in [0.2, 0.25) is 0 Å². The van der Waals surface area contributed by atoms with Crippen molar-refractivity contribution in [3.05, 3.63) is 34.2 Å². The van der Waals surface area contributed by atoms with E-state index in [1.54, 1.807) is 0 Å². The largest absolute Gasteiger partial charge is 0.481 e. The van der Waals surface area contributed by atoms with Gasteiger partial charge in [0.25, 0.3) is 0 Å². The molecule has 1 heterocycles. The highest BCUT2D eigenvalue weighted by Crippen LogP contribution is 2.25. The van der Waals surface area contributed by atoms with Gasteiger partial charge < -0.3 is 15.3 Å². The lowest BCUT2D eigenvalue weighted by Gasteiger charge is -2.08. The van der Waals surface area contributed by atoms with E-state index in [9.17, 15) is 18.0 Å². The molecule has 9 heteroatoms. The average molecular weight is 299 g/mol. The molecule has 8 nitrogen and oxygen atoms in total. The molecular weight excluding hydrogens is 290 g/mol. The van der Waals surface area contributed by atoms with Gasteiger partial charge in [-0.1, -0.05) is 0 Å². The smallest absolute Gasteiger partial charge is 0.358 e. The minimum Gasteiger partial charge on any atom is -0.481 e. The Morgan fingerprint density at radius 3 is 2.55 bits per heavy atom. The molecule has 0 amide bonds. The Balaban J connectivity index is 2.99. The molecule has 20 heavy (non-hydrogen) atoms. The van der Waals surface area contributed by atoms with Crippen LogP contribution >= 0.6 is 0 Å². The highest BCUT2D eigenvalue weighted by molar-refractivity contribution is 7.85. The van der Waals surface area contributed by atoms with E-state index < -0.39 is 33.0 Å². The first-order valence-electron chi connectivity index (χ1n) is 5.24. The third kappa shape index (κ3) is 2.49. The van der Waals surface area contributed by atoms with Crippen LogP contribution < -0.4 is 11.4 Å². The van der Waals surface area contributed by atoms with E-state index >= 15 is 0 Å². The number of carbonyl (C=O) groups is 1. The van der Waals surface area contributed by atoms with Gasteiger partial charge in [0.15, 0.2) is 4.90 Å². The second kappa shape index (κ2) is 4.62. The molecule has 0 bridgehead atoms. The van der Waals surface area contributed by atoms with Gasteiger partial charge in [-0.3, -0.25) is 9.35 Å². The second-order valence-electron chi connectivity index (χ2n) is 4.00. The highest BCUT2D eigenvalue weighted by atomic mass is 32.2. The van der Waals surface area contributed by atoms with Crippen molar-refractivity contribution in [3.8, 4) is 0 Å². The summed E-state index contributed by atoms with van der Waals surface area (Å²) in [4.78, 5) is 21.4. The first-order valence-corrected chi connectivity index (χ1v) is 6.68. The molecule has 0 atom stereocenters. The van der Waals surface area contributed by atoms with Crippen molar-refractivity contribution < 1.29 is 27.3 Å². The van der Waals surface area contributed by atoms with Gasteiger partial charge in [0.05, 0.1) is 6.42 Å². The molecule has 0 aliphatic heterocycles. The molecule has 0 aliphatic rings. The molecule has 1 aromatic heterocycles. The molecule has 1 aromatic carbocycles. The molecule has 0 unspecified atom stereocenters. The number of carboxylic acids is 1. The Hall–Kier alpha value is -2.39. The van der Waals surface area contributed by atoms with Gasteiger partial charge >= 0.3 is 21.7 Å². The lowest BCUT2D eigenvalue weighted by molar-refractivity contribution is -0.136. The topological polar surface area (TPSA) is 148 Å². The van der Waals surface area contributed by atoms with Crippen LogP contribution in [0.3, 0.4) is 0 Å². The summed E-state index contributed by atoms with van der Waals surface area (Å²) in [5.41, 5.74) is 4.01. The van der Waals surface area contributed by atoms with Crippen LogP contribution in [-0.2, 0) is 21.3 Å². The standard InChI is InChI=1S/C11H9NO7S/c12-5-1-2-6-7(4-9(13)14)10(20(16,17)18)11(15)19-8(6)3-5/h1-3H,4,12H2,(H,13,14)(H,16,17,18). The fraction of sp³-hybridized carbons (Fsp3) is 0.0909. The molecule has 2 aromatic rings. The molecule has 106 valence electrons. The van der Waals surface area contributed by atoms with Crippen LogP contribution in [-0.4, -0.2) is 24.0 Å². The van der Waals surface area contributed by atoms with E-state index in [1.165, 1.54) is 18.2 Å². The summed E-state index contributed by atoms with van der Waals surface area (Å²) in [6.07, 6.45) is -0.763. The quantitative estimate of drug-likeness (QED) is 0.415. The second-order valence-corrected chi connectivity index (χ2v) is 5.36. The third-order valence-electron chi connectivity index (χ3n) is 2.58. The van der Waals surface area contributed by atoms with Gasteiger partial charge in [0.2, 0.25) is 0 Å². The van der Waals surface area contributed by atoms with Crippen molar-refractivity contribution in [1.29, 1.82) is 0 Å². The van der Waals surface area contributed by atoms with Crippen LogP contribution in [0.15, 0.2) is 32.3 Å². The summed E-state index contributed by atoms with van der Waals surface area (Å²) in [6, 6.07) is 3.97. The monoisotopic (exact) mass is 299 g/mol. The summed E-state index contributed by atoms with van der Waals surface area (Å²) >= 11 is 0. The van der Waals surface area contributed by atoms with Crippen LogP contribution in [0.4, 0.5) is 5.69 Å². The summed E-state index contributed by atoms with van der Waals surface area (Å²) in [5.74, 6) is -1.36. The van der Waals surface area contributed by atoms with Gasteiger partial charge in [-0.15, -0.1) is 0 Å². The lowest BCUT2D eigenvalue weighted by Crippen LogP contribution is -2.19. The minimum atomic E-state index is -4.91. The normalized spacial score (nSPS) is 11.7. The Bertz CT molecular complexity index is 866. The molecule has 0 spiro atoms. The number of hydrogen-bond donors (Lipinski definition) is 3. The van der Waals surface area contributed by atoms with Crippen molar-refractivity contribution in [2.45, 2.75) is 11.3 Å². The predicted molar refractivity (Wildman–Crippen MR) is 68.1 cm³/mol. The van der Waals surface area contributed by atoms with Gasteiger partial charge in [-0.05, 0) is 12.1 Å². The molecule has 0 saturated carbocycles. The average Bonchev–Trinajstić information content (AvgIpc) is 2.25. The maximum atomic E-state index is 11.7. The molecule has 0 saturated heterocycles. The van der Waals surface area contributed by atoms with Crippen molar-refractivity contribution >= 4 is 32.7 Å². The van der Waals surface area contributed by atoms with Crippen LogP contribution in [0.5, 0.6) is 0 Å². The van der Waals surface area contributed by atoms with Crippen molar-refractivity contribution in [1.82, 2.24) is 0 Å². The predicted octanol–water partition coefficient (Wildman–Crippen LogP) is 0.249. The zero-order valence-electron chi connectivity index (χ0n) is 9.86. The van der Waals surface area contributed by atoms with E-state index in [0.29, 0.717) is 0 Å². The number of fused-ring (bicyclic) bond motifs is 1. The van der Waals surface area contributed by atoms with Gasteiger partial charge in [0.1, 0.15) is 5.58 Å². The Kier molecular flexibility index (Phi) is 3.24. The molecule has 2 rings (SSSR count). The number of aliphatic carboxylic acids is 1. The van der Waals surface area contributed by atoms with Crippen molar-refractivity contribution in [2.24, 2.45) is 0 Å². The first kappa shape index (κ1) is 14.0. The fourth-order valence-corrected chi connectivity index (χ4v) is 2.60. The van der Waals surface area contributed by atoms with Gasteiger partial charge in [-0.2, -0.15) is 8.42 Å². The number of nitrogen functional groups attached to an aromatic ring is 1. The van der Waals surface area contributed by atoms with Crippen LogP contribution in [0.1, 0.15) is 5.56 Å². The number of rotatable bonds is 3. The molecular formula is C11H9NO7S. The number of benzene rings is 1. The van der Waals surface area contributed by atoms with Crippen molar-refractivity contribution in [3.63, 3.8) is 0 Å². The maximum absolute atomic E-state index is 11.7. The number of nitrogens with two attached hydrogens (primary N) is 1. The zero-order chi connectivity index (χ0) is 15.1. The minimum absolute atomic E-state index is 0.0568. The van der Waals surface area contributed by atoms with E-state index in [0.717, 1.165) is 0 Å². The molecule has 0 aliphatic carbocycles. The SMILES string of the molecule is Nc1ccc2c(CC(=O)O)c(S(=O)(=O)O)c(=O)oc2c1. The van der Waals surface area contributed by atoms with Crippen LogP contribution in [0.25, 0.3) is 11.0 Å². The number of carboxylic acid groups (broad SMARTS) is 1. The van der Waals surface area contributed by atoms with E-state index in [2.05, 4.69) is 0 Å². The van der Waals surface area contributed by atoms with Crippen LogP contribution in [0, 0.1) is 0 Å². The van der Waals surface area contributed by atoms with Crippen molar-refractivity contribution in [2.75, 3.05) is 5.73 Å². The third-order valence-corrected chi connectivity index (χ3v) is 3.51. The fourth-order valence-electron chi connectivity index (χ4n) is 1.85.